The minimum absolute atomic E-state index is 0.134. The quantitative estimate of drug-likeness (QED) is 0.585. The molecular formula is C21H19ClN2O3. The van der Waals surface area contributed by atoms with Gasteiger partial charge < -0.3 is 19.8 Å². The zero-order valence-electron chi connectivity index (χ0n) is 14.9. The molecule has 0 saturated carbocycles. The second-order valence-corrected chi connectivity index (χ2v) is 7.00. The monoisotopic (exact) mass is 382 g/mol. The first kappa shape index (κ1) is 17.5. The van der Waals surface area contributed by atoms with Gasteiger partial charge in [-0.1, -0.05) is 11.6 Å². The van der Waals surface area contributed by atoms with E-state index in [1.807, 2.05) is 30.3 Å². The van der Waals surface area contributed by atoms with E-state index in [0.29, 0.717) is 28.8 Å². The summed E-state index contributed by atoms with van der Waals surface area (Å²) < 4.78 is 13.7. The molecule has 1 aliphatic rings. The van der Waals surface area contributed by atoms with Gasteiger partial charge in [-0.15, -0.1) is 0 Å². The van der Waals surface area contributed by atoms with Crippen molar-refractivity contribution in [3.05, 3.63) is 69.6 Å². The van der Waals surface area contributed by atoms with Crippen molar-refractivity contribution < 1.29 is 9.47 Å². The first-order chi connectivity index (χ1) is 13.0. The number of aromatic nitrogens is 1. The number of anilines is 1. The zero-order valence-corrected chi connectivity index (χ0v) is 15.6. The Kier molecular flexibility index (Phi) is 4.54. The van der Waals surface area contributed by atoms with Crippen LogP contribution in [-0.2, 0) is 13.5 Å². The lowest BCUT2D eigenvalue weighted by atomic mass is 10.0. The van der Waals surface area contributed by atoms with Gasteiger partial charge in [-0.2, -0.15) is 0 Å². The van der Waals surface area contributed by atoms with Crippen molar-refractivity contribution in [2.24, 2.45) is 7.05 Å². The van der Waals surface area contributed by atoms with Gasteiger partial charge in [-0.3, -0.25) is 4.79 Å². The number of nitrogens with zero attached hydrogens (tertiary/aromatic N) is 1. The van der Waals surface area contributed by atoms with E-state index in [0.717, 1.165) is 35.3 Å². The van der Waals surface area contributed by atoms with Crippen LogP contribution in [-0.4, -0.2) is 11.2 Å². The third-order valence-electron chi connectivity index (χ3n) is 4.57. The lowest BCUT2D eigenvalue weighted by Gasteiger charge is -2.16. The van der Waals surface area contributed by atoms with Crippen molar-refractivity contribution in [2.75, 3.05) is 12.3 Å². The fraction of sp³-hybridized carbons (Fsp3) is 0.190. The molecule has 0 fully saturated rings. The largest absolute Gasteiger partial charge is 0.493 e. The molecule has 2 heterocycles. The molecule has 0 spiro atoms. The van der Waals surface area contributed by atoms with E-state index < -0.39 is 0 Å². The lowest BCUT2D eigenvalue weighted by molar-refractivity contribution is 0.311. The molecule has 6 heteroatoms. The van der Waals surface area contributed by atoms with Crippen molar-refractivity contribution in [3.63, 3.8) is 0 Å². The molecule has 0 saturated heterocycles. The number of hydrogen-bond acceptors (Lipinski definition) is 4. The number of rotatable bonds is 0. The van der Waals surface area contributed by atoms with Gasteiger partial charge in [-0.25, -0.2) is 0 Å². The van der Waals surface area contributed by atoms with Crippen LogP contribution in [0.1, 0.15) is 12.0 Å². The molecule has 3 aromatic rings. The summed E-state index contributed by atoms with van der Waals surface area (Å²) in [5, 5.41) is 0.664. The van der Waals surface area contributed by atoms with Crippen LogP contribution in [0, 0.1) is 0 Å². The third kappa shape index (κ3) is 3.51. The Morgan fingerprint density at radius 1 is 1.04 bits per heavy atom. The average Bonchev–Trinajstić information content (AvgIpc) is 2.66. The first-order valence-corrected chi connectivity index (χ1v) is 9.09. The highest BCUT2D eigenvalue weighted by Crippen LogP contribution is 2.40. The molecule has 5 nitrogen and oxygen atoms in total. The molecule has 27 heavy (non-hydrogen) atoms. The molecule has 0 amide bonds. The molecule has 0 radical (unpaired) electrons. The van der Waals surface area contributed by atoms with Gasteiger partial charge in [0.2, 0.25) is 0 Å². The summed E-state index contributed by atoms with van der Waals surface area (Å²) in [6.07, 6.45) is 3.27. The van der Waals surface area contributed by atoms with Gasteiger partial charge in [0.25, 0.3) is 5.56 Å². The second-order valence-electron chi connectivity index (χ2n) is 6.56. The highest BCUT2D eigenvalue weighted by Gasteiger charge is 2.18. The number of ether oxygens (including phenoxy) is 2. The summed E-state index contributed by atoms with van der Waals surface area (Å²) in [6, 6.07) is 12.5. The average molecular weight is 383 g/mol. The molecule has 0 aliphatic carbocycles. The van der Waals surface area contributed by atoms with E-state index in [4.69, 9.17) is 26.8 Å². The smallest absolute Gasteiger partial charge is 0.254 e. The highest BCUT2D eigenvalue weighted by molar-refractivity contribution is 6.30. The van der Waals surface area contributed by atoms with E-state index in [-0.39, 0.29) is 5.56 Å². The highest BCUT2D eigenvalue weighted by atomic mass is 35.5. The van der Waals surface area contributed by atoms with Crippen molar-refractivity contribution in [1.29, 1.82) is 0 Å². The number of hydrogen-bond donors (Lipinski definition) is 1. The SMILES string of the molecule is Cn1cc2c(cc1=O)OCCCc1cc(Cl)ccc1Oc1ccc(N)cc1-2. The molecule has 1 aliphatic heterocycles. The van der Waals surface area contributed by atoms with Crippen LogP contribution >= 0.6 is 11.6 Å². The van der Waals surface area contributed by atoms with Crippen molar-refractivity contribution in [2.45, 2.75) is 12.8 Å². The first-order valence-electron chi connectivity index (χ1n) is 8.71. The second kappa shape index (κ2) is 7.00. The zero-order chi connectivity index (χ0) is 19.0. The van der Waals surface area contributed by atoms with Crippen LogP contribution in [0.4, 0.5) is 5.69 Å². The van der Waals surface area contributed by atoms with E-state index in [9.17, 15) is 4.79 Å². The van der Waals surface area contributed by atoms with Gasteiger partial charge in [0, 0.05) is 41.1 Å². The van der Waals surface area contributed by atoms with Crippen LogP contribution in [0.15, 0.2) is 53.5 Å². The molecule has 4 rings (SSSR count). The summed E-state index contributed by atoms with van der Waals surface area (Å²) >= 11 is 6.16. The van der Waals surface area contributed by atoms with E-state index in [2.05, 4.69) is 0 Å². The maximum Gasteiger partial charge on any atom is 0.254 e. The molecule has 2 N–H and O–H groups in total. The predicted octanol–water partition coefficient (Wildman–Crippen LogP) is 4.41. The van der Waals surface area contributed by atoms with Gasteiger partial charge in [-0.05, 0) is 54.8 Å². The maximum atomic E-state index is 12.1. The Hall–Kier alpha value is -2.92. The number of nitrogens with two attached hydrogens (primary N) is 1. The van der Waals surface area contributed by atoms with Crippen molar-refractivity contribution in [3.8, 4) is 28.4 Å². The van der Waals surface area contributed by atoms with Crippen LogP contribution < -0.4 is 20.8 Å². The summed E-state index contributed by atoms with van der Waals surface area (Å²) in [5.41, 5.74) is 9.03. The number of aryl methyl sites for hydroxylation is 2. The van der Waals surface area contributed by atoms with E-state index in [1.165, 1.54) is 10.6 Å². The minimum Gasteiger partial charge on any atom is -0.493 e. The fourth-order valence-electron chi connectivity index (χ4n) is 3.19. The number of pyridine rings is 1. The van der Waals surface area contributed by atoms with Crippen LogP contribution in [0.2, 0.25) is 5.02 Å². The predicted molar refractivity (Wildman–Crippen MR) is 107 cm³/mol. The number of fused-ring (bicyclic) bond motifs is 4. The molecule has 0 unspecified atom stereocenters. The Bertz CT molecular complexity index is 1080. The standard InChI is InChI=1S/C21H19ClN2O3/c1-24-12-17-16-10-15(23)5-7-19(16)27-18-6-4-14(22)9-13(18)3-2-8-26-20(17)11-21(24)25/h4-7,9-12H,2-3,8,23H2,1H3. The summed E-state index contributed by atoms with van der Waals surface area (Å²) in [5.74, 6) is 1.91. The lowest BCUT2D eigenvalue weighted by Crippen LogP contribution is -2.16. The third-order valence-corrected chi connectivity index (χ3v) is 4.81. The van der Waals surface area contributed by atoms with Crippen molar-refractivity contribution >= 4 is 17.3 Å². The summed E-state index contributed by atoms with van der Waals surface area (Å²) in [6.45, 7) is 0.476. The number of nitrogen functional groups attached to an aromatic ring is 1. The molecule has 0 atom stereocenters. The summed E-state index contributed by atoms with van der Waals surface area (Å²) in [4.78, 5) is 12.1. The number of benzene rings is 2. The van der Waals surface area contributed by atoms with Gasteiger partial charge in [0.15, 0.2) is 0 Å². The van der Waals surface area contributed by atoms with Crippen LogP contribution in [0.3, 0.4) is 0 Å². The maximum absolute atomic E-state index is 12.1. The van der Waals surface area contributed by atoms with Crippen LogP contribution in [0.25, 0.3) is 11.1 Å². The Labute approximate surface area is 161 Å². The van der Waals surface area contributed by atoms with Gasteiger partial charge >= 0.3 is 0 Å². The topological polar surface area (TPSA) is 66.5 Å². The Balaban J connectivity index is 1.93. The molecular weight excluding hydrogens is 364 g/mol. The molecule has 1 aromatic heterocycles. The fourth-order valence-corrected chi connectivity index (χ4v) is 3.38. The number of halogens is 1. The van der Waals surface area contributed by atoms with Crippen molar-refractivity contribution in [1.82, 2.24) is 4.57 Å². The van der Waals surface area contributed by atoms with Crippen LogP contribution in [0.5, 0.6) is 17.2 Å². The van der Waals surface area contributed by atoms with Gasteiger partial charge in [0.1, 0.15) is 17.2 Å². The summed E-state index contributed by atoms with van der Waals surface area (Å²) in [7, 11) is 1.71. The van der Waals surface area contributed by atoms with E-state index >= 15 is 0 Å². The van der Waals surface area contributed by atoms with Gasteiger partial charge in [0.05, 0.1) is 6.61 Å². The Morgan fingerprint density at radius 3 is 2.70 bits per heavy atom. The molecule has 138 valence electrons. The molecule has 2 aromatic carbocycles. The normalized spacial score (nSPS) is 13.3. The van der Waals surface area contributed by atoms with E-state index in [1.54, 1.807) is 19.3 Å². The molecule has 0 bridgehead atoms. The minimum atomic E-state index is -0.134. The Morgan fingerprint density at radius 2 is 1.85 bits per heavy atom.